The molecule has 0 aliphatic carbocycles. The molecule has 0 spiro atoms. The van der Waals surface area contributed by atoms with Crippen molar-refractivity contribution in [1.82, 2.24) is 0 Å². The summed E-state index contributed by atoms with van der Waals surface area (Å²) in [4.78, 5) is 10.9. The Bertz CT molecular complexity index is 365. The van der Waals surface area contributed by atoms with Crippen LogP contribution in [0.1, 0.15) is 32.6 Å². The van der Waals surface area contributed by atoms with Crippen LogP contribution in [-0.4, -0.2) is 37.0 Å². The summed E-state index contributed by atoms with van der Waals surface area (Å²) in [6.07, 6.45) is 1.56. The van der Waals surface area contributed by atoms with E-state index >= 15 is 0 Å². The van der Waals surface area contributed by atoms with Crippen molar-refractivity contribution in [3.05, 3.63) is 0 Å². The summed E-state index contributed by atoms with van der Waals surface area (Å²) in [7, 11) is -3.13. The van der Waals surface area contributed by atoms with Gasteiger partial charge in [0.2, 0.25) is 0 Å². The quantitative estimate of drug-likeness (QED) is 0.751. The largest absolute Gasteiger partial charge is 0.481 e. The molecule has 0 aromatic rings. The first-order valence-electron chi connectivity index (χ1n) is 5.49. The summed E-state index contributed by atoms with van der Waals surface area (Å²) >= 11 is 0. The molecular formula is C10H19NO4S. The SMILES string of the molecule is CCC(N)C1(CC(=O)O)CCCS(=O)(=O)C1. The van der Waals surface area contributed by atoms with Crippen LogP contribution in [0.5, 0.6) is 0 Å². The van der Waals surface area contributed by atoms with Gasteiger partial charge < -0.3 is 10.8 Å². The lowest BCUT2D eigenvalue weighted by Gasteiger charge is -2.40. The van der Waals surface area contributed by atoms with Gasteiger partial charge in [0.15, 0.2) is 9.84 Å². The number of hydrogen-bond donors (Lipinski definition) is 2. The minimum Gasteiger partial charge on any atom is -0.481 e. The number of carboxylic acids is 1. The molecule has 1 fully saturated rings. The molecular weight excluding hydrogens is 230 g/mol. The van der Waals surface area contributed by atoms with Crippen molar-refractivity contribution in [2.75, 3.05) is 11.5 Å². The van der Waals surface area contributed by atoms with Crippen molar-refractivity contribution in [2.24, 2.45) is 11.1 Å². The van der Waals surface area contributed by atoms with Crippen LogP contribution in [0.25, 0.3) is 0 Å². The molecule has 1 aliphatic rings. The minimum absolute atomic E-state index is 0.0820. The van der Waals surface area contributed by atoms with Crippen LogP contribution < -0.4 is 5.73 Å². The van der Waals surface area contributed by atoms with Crippen molar-refractivity contribution < 1.29 is 18.3 Å². The molecule has 1 aliphatic heterocycles. The lowest BCUT2D eigenvalue weighted by Crippen LogP contribution is -2.50. The predicted molar refractivity (Wildman–Crippen MR) is 60.8 cm³/mol. The van der Waals surface area contributed by atoms with Crippen molar-refractivity contribution in [3.63, 3.8) is 0 Å². The van der Waals surface area contributed by atoms with E-state index in [4.69, 9.17) is 10.8 Å². The fourth-order valence-corrected chi connectivity index (χ4v) is 4.59. The average Bonchev–Trinajstić information content (AvgIpc) is 2.13. The smallest absolute Gasteiger partial charge is 0.304 e. The summed E-state index contributed by atoms with van der Waals surface area (Å²) in [6.45, 7) is 1.86. The standard InChI is InChI=1S/C10H19NO4S/c1-2-8(11)10(6-9(12)13)4-3-5-16(14,15)7-10/h8H,2-7,11H2,1H3,(H,12,13). The molecule has 2 unspecified atom stereocenters. The second-order valence-electron chi connectivity index (χ2n) is 4.64. The number of aliphatic carboxylic acids is 1. The highest BCUT2D eigenvalue weighted by Crippen LogP contribution is 2.38. The second-order valence-corrected chi connectivity index (χ2v) is 6.83. The molecule has 0 saturated carbocycles. The zero-order valence-electron chi connectivity index (χ0n) is 9.48. The molecule has 1 heterocycles. The highest BCUT2D eigenvalue weighted by Gasteiger charge is 2.44. The summed E-state index contributed by atoms with van der Waals surface area (Å²) in [5.41, 5.74) is 5.16. The molecule has 16 heavy (non-hydrogen) atoms. The van der Waals surface area contributed by atoms with Gasteiger partial charge in [-0.15, -0.1) is 0 Å². The van der Waals surface area contributed by atoms with Crippen LogP contribution >= 0.6 is 0 Å². The zero-order valence-corrected chi connectivity index (χ0v) is 10.3. The fourth-order valence-electron chi connectivity index (χ4n) is 2.52. The molecule has 3 N–H and O–H groups in total. The lowest BCUT2D eigenvalue weighted by atomic mass is 9.74. The van der Waals surface area contributed by atoms with E-state index < -0.39 is 21.2 Å². The lowest BCUT2D eigenvalue weighted by molar-refractivity contribution is -0.140. The van der Waals surface area contributed by atoms with Gasteiger partial charge in [0, 0.05) is 11.5 Å². The zero-order chi connectivity index (χ0) is 12.4. The van der Waals surface area contributed by atoms with Gasteiger partial charge in [-0.2, -0.15) is 0 Å². The third kappa shape index (κ3) is 2.95. The fraction of sp³-hybridized carbons (Fsp3) is 0.900. The van der Waals surface area contributed by atoms with E-state index in [0.717, 1.165) is 0 Å². The molecule has 0 amide bonds. The maximum atomic E-state index is 11.6. The molecule has 2 atom stereocenters. The van der Waals surface area contributed by atoms with E-state index in [0.29, 0.717) is 19.3 Å². The molecule has 5 nitrogen and oxygen atoms in total. The van der Waals surface area contributed by atoms with E-state index in [1.807, 2.05) is 6.92 Å². The van der Waals surface area contributed by atoms with E-state index in [2.05, 4.69) is 0 Å². The van der Waals surface area contributed by atoms with Crippen LogP contribution in [0.2, 0.25) is 0 Å². The van der Waals surface area contributed by atoms with Gasteiger partial charge in [-0.05, 0) is 19.3 Å². The Morgan fingerprint density at radius 3 is 2.62 bits per heavy atom. The normalized spacial score (nSPS) is 30.9. The Balaban J connectivity index is 2.99. The van der Waals surface area contributed by atoms with Crippen molar-refractivity contribution >= 4 is 15.8 Å². The van der Waals surface area contributed by atoms with Crippen molar-refractivity contribution in [3.8, 4) is 0 Å². The van der Waals surface area contributed by atoms with Crippen LogP contribution in [0.4, 0.5) is 0 Å². The Hall–Kier alpha value is -0.620. The third-order valence-electron chi connectivity index (χ3n) is 3.37. The van der Waals surface area contributed by atoms with E-state index in [9.17, 15) is 13.2 Å². The number of nitrogens with two attached hydrogens (primary N) is 1. The number of sulfone groups is 1. The van der Waals surface area contributed by atoms with E-state index in [-0.39, 0.29) is 24.0 Å². The van der Waals surface area contributed by atoms with Crippen LogP contribution in [-0.2, 0) is 14.6 Å². The van der Waals surface area contributed by atoms with Crippen molar-refractivity contribution in [2.45, 2.75) is 38.6 Å². The third-order valence-corrected chi connectivity index (χ3v) is 5.29. The molecule has 6 heteroatoms. The Morgan fingerprint density at radius 1 is 1.56 bits per heavy atom. The van der Waals surface area contributed by atoms with Crippen LogP contribution in [0, 0.1) is 5.41 Å². The van der Waals surface area contributed by atoms with Gasteiger partial charge in [-0.25, -0.2) is 8.42 Å². The highest BCUT2D eigenvalue weighted by molar-refractivity contribution is 7.91. The average molecular weight is 249 g/mol. The number of carbonyl (C=O) groups is 1. The Morgan fingerprint density at radius 2 is 2.19 bits per heavy atom. The summed E-state index contributed by atoms with van der Waals surface area (Å²) in [5, 5.41) is 8.90. The first-order chi connectivity index (χ1) is 7.31. The van der Waals surface area contributed by atoms with Gasteiger partial charge in [-0.3, -0.25) is 4.79 Å². The molecule has 0 aromatic heterocycles. The Labute approximate surface area is 95.9 Å². The molecule has 0 aromatic carbocycles. The minimum atomic E-state index is -3.13. The maximum absolute atomic E-state index is 11.6. The van der Waals surface area contributed by atoms with Crippen molar-refractivity contribution in [1.29, 1.82) is 0 Å². The van der Waals surface area contributed by atoms with Gasteiger partial charge in [-0.1, -0.05) is 6.92 Å². The van der Waals surface area contributed by atoms with E-state index in [1.54, 1.807) is 0 Å². The number of carboxylic acid groups (broad SMARTS) is 1. The molecule has 1 saturated heterocycles. The summed E-state index contributed by atoms with van der Waals surface area (Å²) in [5.74, 6) is -0.896. The summed E-state index contributed by atoms with van der Waals surface area (Å²) in [6, 6.07) is -0.362. The monoisotopic (exact) mass is 249 g/mol. The van der Waals surface area contributed by atoms with Gasteiger partial charge in [0.05, 0.1) is 17.9 Å². The maximum Gasteiger partial charge on any atom is 0.304 e. The summed E-state index contributed by atoms with van der Waals surface area (Å²) < 4.78 is 23.2. The second kappa shape index (κ2) is 4.71. The van der Waals surface area contributed by atoms with Crippen LogP contribution in [0.3, 0.4) is 0 Å². The highest BCUT2D eigenvalue weighted by atomic mass is 32.2. The molecule has 94 valence electrons. The Kier molecular flexibility index (Phi) is 3.96. The van der Waals surface area contributed by atoms with Gasteiger partial charge in [0.25, 0.3) is 0 Å². The molecule has 0 bridgehead atoms. The number of rotatable bonds is 4. The van der Waals surface area contributed by atoms with E-state index in [1.165, 1.54) is 0 Å². The first-order valence-corrected chi connectivity index (χ1v) is 7.31. The molecule has 1 rings (SSSR count). The van der Waals surface area contributed by atoms with Gasteiger partial charge >= 0.3 is 5.97 Å². The topological polar surface area (TPSA) is 97.5 Å². The van der Waals surface area contributed by atoms with Crippen LogP contribution in [0.15, 0.2) is 0 Å². The number of hydrogen-bond acceptors (Lipinski definition) is 4. The molecule has 0 radical (unpaired) electrons. The first kappa shape index (κ1) is 13.4. The van der Waals surface area contributed by atoms with Gasteiger partial charge in [0.1, 0.15) is 0 Å². The predicted octanol–water partition coefficient (Wildman–Crippen LogP) is 0.393.